The Kier molecular flexibility index (Phi) is 6.33. The maximum absolute atomic E-state index is 13.1. The highest BCUT2D eigenvalue weighted by atomic mass is 32.2. The average Bonchev–Trinajstić information content (AvgIpc) is 3.36. The van der Waals surface area contributed by atoms with Gasteiger partial charge in [0.05, 0.1) is 17.0 Å². The molecule has 32 heavy (non-hydrogen) atoms. The summed E-state index contributed by atoms with van der Waals surface area (Å²) in [6, 6.07) is 12.8. The minimum atomic E-state index is -4.56. The molecule has 0 aliphatic rings. The van der Waals surface area contributed by atoms with E-state index in [1.165, 1.54) is 18.2 Å². The van der Waals surface area contributed by atoms with Gasteiger partial charge < -0.3 is 5.32 Å². The molecule has 0 saturated heterocycles. The van der Waals surface area contributed by atoms with E-state index in [4.69, 9.17) is 0 Å². The third-order valence-corrected chi connectivity index (χ3v) is 6.52. The molecule has 0 aliphatic heterocycles. The predicted molar refractivity (Wildman–Crippen MR) is 122 cm³/mol. The maximum atomic E-state index is 13.1. The van der Waals surface area contributed by atoms with Gasteiger partial charge in [-0.15, -0.1) is 28.1 Å². The number of carbonyl (C=O) groups is 1. The van der Waals surface area contributed by atoms with Gasteiger partial charge in [0.2, 0.25) is 5.91 Å². The van der Waals surface area contributed by atoms with Crippen LogP contribution in [-0.2, 0) is 17.5 Å². The number of amides is 1. The van der Waals surface area contributed by atoms with Gasteiger partial charge in [0.15, 0.2) is 11.0 Å². The zero-order chi connectivity index (χ0) is 22.7. The van der Waals surface area contributed by atoms with Crippen molar-refractivity contribution in [1.82, 2.24) is 14.8 Å². The molecule has 10 heteroatoms. The Hall–Kier alpha value is -3.11. The third-order valence-electron chi connectivity index (χ3n) is 4.59. The van der Waals surface area contributed by atoms with Crippen LogP contribution in [0.1, 0.15) is 5.56 Å². The summed E-state index contributed by atoms with van der Waals surface area (Å²) < 4.78 is 42.4. The molecular formula is C22H17F3N4OS2. The number of fused-ring (bicyclic) bond motifs is 1. The van der Waals surface area contributed by atoms with Crippen LogP contribution < -0.4 is 5.32 Å². The van der Waals surface area contributed by atoms with Crippen molar-refractivity contribution in [2.45, 2.75) is 17.9 Å². The largest absolute Gasteiger partial charge is 0.418 e. The first-order chi connectivity index (χ1) is 15.4. The molecule has 0 unspecified atom stereocenters. The molecule has 4 aromatic rings. The van der Waals surface area contributed by atoms with Crippen LogP contribution in [-0.4, -0.2) is 26.4 Å². The fourth-order valence-electron chi connectivity index (χ4n) is 3.20. The number of nitrogens with one attached hydrogen (secondary N) is 1. The van der Waals surface area contributed by atoms with Gasteiger partial charge in [-0.1, -0.05) is 48.2 Å². The fraction of sp³-hybridized carbons (Fsp3) is 0.136. The van der Waals surface area contributed by atoms with Crippen LogP contribution in [0, 0.1) is 0 Å². The number of nitrogens with zero attached hydrogens (tertiary/aromatic N) is 3. The highest BCUT2D eigenvalue weighted by molar-refractivity contribution is 7.99. The second-order valence-corrected chi connectivity index (χ2v) is 8.58. The van der Waals surface area contributed by atoms with Crippen LogP contribution in [0.3, 0.4) is 0 Å². The molecule has 0 spiro atoms. The lowest BCUT2D eigenvalue weighted by Gasteiger charge is -2.13. The van der Waals surface area contributed by atoms with E-state index in [1.54, 1.807) is 17.4 Å². The quantitative estimate of drug-likeness (QED) is 0.260. The molecule has 1 amide bonds. The molecule has 0 fully saturated rings. The van der Waals surface area contributed by atoms with Crippen molar-refractivity contribution in [3.8, 4) is 11.4 Å². The first-order valence-corrected chi connectivity index (χ1v) is 11.3. The third kappa shape index (κ3) is 4.56. The molecule has 0 aliphatic carbocycles. The molecular weight excluding hydrogens is 457 g/mol. The molecule has 5 nitrogen and oxygen atoms in total. The number of allylic oxidation sites excluding steroid dienone is 1. The van der Waals surface area contributed by atoms with Crippen molar-refractivity contribution in [2.75, 3.05) is 11.1 Å². The Morgan fingerprint density at radius 2 is 1.91 bits per heavy atom. The van der Waals surface area contributed by atoms with E-state index >= 15 is 0 Å². The lowest BCUT2D eigenvalue weighted by molar-refractivity contribution is -0.137. The summed E-state index contributed by atoms with van der Waals surface area (Å²) >= 11 is 2.70. The molecule has 2 aromatic carbocycles. The van der Waals surface area contributed by atoms with Gasteiger partial charge in [-0.25, -0.2) is 0 Å². The topological polar surface area (TPSA) is 59.8 Å². The summed E-state index contributed by atoms with van der Waals surface area (Å²) in [4.78, 5) is 12.4. The van der Waals surface area contributed by atoms with Crippen molar-refractivity contribution in [2.24, 2.45) is 0 Å². The fourth-order valence-corrected chi connectivity index (χ4v) is 4.88. The van der Waals surface area contributed by atoms with E-state index in [2.05, 4.69) is 22.1 Å². The smallest absolute Gasteiger partial charge is 0.325 e. The van der Waals surface area contributed by atoms with Crippen molar-refractivity contribution in [1.29, 1.82) is 0 Å². The molecule has 0 saturated carbocycles. The second-order valence-electron chi connectivity index (χ2n) is 6.73. The number of benzene rings is 2. The molecule has 1 N–H and O–H groups in total. The number of aromatic nitrogens is 3. The zero-order valence-corrected chi connectivity index (χ0v) is 18.2. The lowest BCUT2D eigenvalue weighted by Crippen LogP contribution is -2.18. The summed E-state index contributed by atoms with van der Waals surface area (Å²) in [5.41, 5.74) is -0.237. The normalized spacial score (nSPS) is 11.6. The number of hydrogen-bond acceptors (Lipinski definition) is 5. The van der Waals surface area contributed by atoms with Crippen molar-refractivity contribution in [3.05, 3.63) is 72.1 Å². The van der Waals surface area contributed by atoms with E-state index in [-0.39, 0.29) is 11.4 Å². The van der Waals surface area contributed by atoms with Gasteiger partial charge in [0, 0.05) is 27.6 Å². The number of alkyl halides is 3. The highest BCUT2D eigenvalue weighted by Crippen LogP contribution is 2.36. The zero-order valence-electron chi connectivity index (χ0n) is 16.6. The lowest BCUT2D eigenvalue weighted by atomic mass is 10.1. The van der Waals surface area contributed by atoms with Crippen LogP contribution >= 0.6 is 23.1 Å². The van der Waals surface area contributed by atoms with Crippen molar-refractivity contribution in [3.63, 3.8) is 0 Å². The van der Waals surface area contributed by atoms with Crippen LogP contribution in [0.4, 0.5) is 18.9 Å². The number of halogens is 3. The summed E-state index contributed by atoms with van der Waals surface area (Å²) in [6.45, 7) is 4.20. The maximum Gasteiger partial charge on any atom is 0.418 e. The standard InChI is InChI=1S/C22H17F3N4OS2/c1-2-11-29-20(15-12-31-18-10-6-3-7-14(15)18)27-28-21(29)32-13-19(30)26-17-9-5-4-8-16(17)22(23,24)25/h2-10,12H,1,11,13H2,(H,26,30). The molecule has 164 valence electrons. The number of para-hydroxylation sites is 1. The van der Waals surface area contributed by atoms with Crippen molar-refractivity contribution < 1.29 is 18.0 Å². The Morgan fingerprint density at radius 3 is 2.69 bits per heavy atom. The minimum Gasteiger partial charge on any atom is -0.325 e. The van der Waals surface area contributed by atoms with E-state index in [0.29, 0.717) is 17.5 Å². The molecule has 0 radical (unpaired) electrons. The van der Waals surface area contributed by atoms with E-state index in [0.717, 1.165) is 33.5 Å². The molecule has 0 bridgehead atoms. The second kappa shape index (κ2) is 9.17. The first-order valence-electron chi connectivity index (χ1n) is 9.48. The number of thiophene rings is 1. The monoisotopic (exact) mass is 474 g/mol. The molecule has 2 heterocycles. The van der Waals surface area contributed by atoms with Gasteiger partial charge in [-0.2, -0.15) is 13.2 Å². The summed E-state index contributed by atoms with van der Waals surface area (Å²) in [5.74, 6) is -0.0404. The molecule has 2 aromatic heterocycles. The van der Waals surface area contributed by atoms with Gasteiger partial charge in [-0.05, 0) is 18.2 Å². The Bertz CT molecular complexity index is 1280. The number of carbonyl (C=O) groups excluding carboxylic acids is 1. The van der Waals surface area contributed by atoms with E-state index in [1.807, 2.05) is 34.2 Å². The predicted octanol–water partition coefficient (Wildman–Crippen LogP) is 6.10. The Labute approximate surface area is 190 Å². The number of rotatable bonds is 7. The van der Waals surface area contributed by atoms with Gasteiger partial charge >= 0.3 is 6.18 Å². The number of anilines is 1. The SMILES string of the molecule is C=CCn1c(SCC(=O)Nc2ccccc2C(F)(F)F)nnc1-c1csc2ccccc12. The summed E-state index contributed by atoms with van der Waals surface area (Å²) in [7, 11) is 0. The van der Waals surface area contributed by atoms with Gasteiger partial charge in [0.1, 0.15) is 0 Å². The number of hydrogen-bond donors (Lipinski definition) is 1. The van der Waals surface area contributed by atoms with Gasteiger partial charge in [-0.3, -0.25) is 9.36 Å². The average molecular weight is 475 g/mol. The first kappa shape index (κ1) is 22.1. The van der Waals surface area contributed by atoms with Crippen molar-refractivity contribution >= 4 is 44.8 Å². The van der Waals surface area contributed by atoms with Crippen LogP contribution in [0.5, 0.6) is 0 Å². The Balaban J connectivity index is 1.53. The van der Waals surface area contributed by atoms with Crippen LogP contribution in [0.25, 0.3) is 21.5 Å². The Morgan fingerprint density at radius 1 is 1.16 bits per heavy atom. The van der Waals surface area contributed by atoms with E-state index in [9.17, 15) is 18.0 Å². The minimum absolute atomic E-state index is 0.119. The summed E-state index contributed by atoms with van der Waals surface area (Å²) in [6.07, 6.45) is -2.86. The van der Waals surface area contributed by atoms with E-state index < -0.39 is 17.6 Å². The van der Waals surface area contributed by atoms with Crippen LogP contribution in [0.15, 0.2) is 71.7 Å². The van der Waals surface area contributed by atoms with Crippen LogP contribution in [0.2, 0.25) is 0 Å². The molecule has 0 atom stereocenters. The summed E-state index contributed by atoms with van der Waals surface area (Å²) in [5, 5.41) is 14.4. The number of thioether (sulfide) groups is 1. The highest BCUT2D eigenvalue weighted by Gasteiger charge is 2.33. The van der Waals surface area contributed by atoms with Gasteiger partial charge in [0.25, 0.3) is 0 Å². The molecule has 4 rings (SSSR count).